The maximum Gasteiger partial charge on any atom is 0.327 e. The van der Waals surface area contributed by atoms with Crippen molar-refractivity contribution in [3.05, 3.63) is 0 Å². The third-order valence-corrected chi connectivity index (χ3v) is 7.74. The van der Waals surface area contributed by atoms with Crippen LogP contribution in [-0.2, 0) is 14.3 Å². The standard InChI is InChI=1S/C28H50N4O5/c1-7-29-21-23(33)31(25(29)35)18-12-9-15-27(3,4)16-10-13-19-37-20-14-11-17-28(5,6)32-24(34)22-30(8-2)26(32)36/h7-22H2,1-6H3. The highest BCUT2D eigenvalue weighted by Gasteiger charge is 2.43. The van der Waals surface area contributed by atoms with Crippen LogP contribution >= 0.6 is 0 Å². The van der Waals surface area contributed by atoms with Crippen molar-refractivity contribution in [2.24, 2.45) is 5.41 Å². The Hall–Kier alpha value is -2.16. The van der Waals surface area contributed by atoms with E-state index < -0.39 is 5.54 Å². The molecule has 0 aromatic carbocycles. The van der Waals surface area contributed by atoms with Gasteiger partial charge in [0.25, 0.3) is 5.91 Å². The monoisotopic (exact) mass is 522 g/mol. The van der Waals surface area contributed by atoms with E-state index in [-0.39, 0.29) is 42.4 Å². The van der Waals surface area contributed by atoms with Gasteiger partial charge in [0.15, 0.2) is 0 Å². The Morgan fingerprint density at radius 3 is 1.73 bits per heavy atom. The van der Waals surface area contributed by atoms with E-state index in [1.165, 1.54) is 9.80 Å². The fourth-order valence-electron chi connectivity index (χ4n) is 5.24. The molecule has 2 fully saturated rings. The Bertz CT molecular complexity index is 797. The summed E-state index contributed by atoms with van der Waals surface area (Å²) in [4.78, 5) is 54.9. The molecule has 0 N–H and O–H groups in total. The highest BCUT2D eigenvalue weighted by molar-refractivity contribution is 6.03. The molecule has 0 aromatic rings. The van der Waals surface area contributed by atoms with E-state index >= 15 is 0 Å². The first kappa shape index (κ1) is 31.1. The normalized spacial score (nSPS) is 17.2. The van der Waals surface area contributed by atoms with E-state index in [0.29, 0.717) is 26.2 Å². The maximum absolute atomic E-state index is 12.5. The SMILES string of the molecule is CCN1CC(=O)N(CCCCC(C)(C)CCCCOCCCCC(C)(C)N2C(=O)CN(CC)C2=O)C1=O. The van der Waals surface area contributed by atoms with Crippen molar-refractivity contribution in [2.75, 3.05) is 45.9 Å². The predicted octanol–water partition coefficient (Wildman–Crippen LogP) is 4.89. The topological polar surface area (TPSA) is 90.5 Å². The van der Waals surface area contributed by atoms with Crippen molar-refractivity contribution in [3.63, 3.8) is 0 Å². The number of likely N-dealkylation sites (N-methyl/N-ethyl adjacent to an activating group) is 2. The van der Waals surface area contributed by atoms with Crippen LogP contribution in [0.3, 0.4) is 0 Å². The maximum atomic E-state index is 12.5. The quantitative estimate of drug-likeness (QED) is 0.189. The number of amides is 6. The van der Waals surface area contributed by atoms with E-state index in [4.69, 9.17) is 4.74 Å². The van der Waals surface area contributed by atoms with Gasteiger partial charge in [-0.15, -0.1) is 0 Å². The Balaban J connectivity index is 1.50. The molecule has 0 saturated carbocycles. The second-order valence-corrected chi connectivity index (χ2v) is 11.8. The molecule has 2 heterocycles. The van der Waals surface area contributed by atoms with Crippen LogP contribution in [-0.4, -0.2) is 95.0 Å². The fraction of sp³-hybridized carbons (Fsp3) is 0.857. The fourth-order valence-corrected chi connectivity index (χ4v) is 5.24. The average molecular weight is 523 g/mol. The van der Waals surface area contributed by atoms with Gasteiger partial charge in [0, 0.05) is 38.4 Å². The molecule has 2 aliphatic rings. The molecule has 2 rings (SSSR count). The number of ether oxygens (including phenoxy) is 1. The van der Waals surface area contributed by atoms with Gasteiger partial charge >= 0.3 is 12.1 Å². The lowest BCUT2D eigenvalue weighted by atomic mass is 9.82. The molecular formula is C28H50N4O5. The Morgan fingerprint density at radius 2 is 1.19 bits per heavy atom. The summed E-state index contributed by atoms with van der Waals surface area (Å²) >= 11 is 0. The first-order chi connectivity index (χ1) is 17.4. The molecule has 9 heteroatoms. The largest absolute Gasteiger partial charge is 0.381 e. The van der Waals surface area contributed by atoms with Crippen LogP contribution in [0.4, 0.5) is 9.59 Å². The molecule has 0 aliphatic carbocycles. The van der Waals surface area contributed by atoms with Crippen molar-refractivity contribution in [1.29, 1.82) is 0 Å². The van der Waals surface area contributed by atoms with Crippen LogP contribution in [0, 0.1) is 5.41 Å². The molecule has 0 aromatic heterocycles. The summed E-state index contributed by atoms with van der Waals surface area (Å²) in [6, 6.07) is -0.313. The summed E-state index contributed by atoms with van der Waals surface area (Å²) in [5.74, 6) is -0.175. The van der Waals surface area contributed by atoms with E-state index in [1.807, 2.05) is 27.7 Å². The molecule has 212 valence electrons. The molecule has 0 bridgehead atoms. The number of unbranched alkanes of at least 4 members (excludes halogenated alkanes) is 3. The number of carbonyl (C=O) groups is 4. The van der Waals surface area contributed by atoms with Crippen LogP contribution in [0.15, 0.2) is 0 Å². The lowest BCUT2D eigenvalue weighted by Gasteiger charge is -2.33. The van der Waals surface area contributed by atoms with Crippen LogP contribution in [0.1, 0.15) is 99.3 Å². The Labute approximate surface area is 223 Å². The molecular weight excluding hydrogens is 472 g/mol. The van der Waals surface area contributed by atoms with E-state index in [9.17, 15) is 19.2 Å². The Morgan fingerprint density at radius 1 is 0.676 bits per heavy atom. The van der Waals surface area contributed by atoms with Gasteiger partial charge in [0.1, 0.15) is 13.1 Å². The Kier molecular flexibility index (Phi) is 11.9. The van der Waals surface area contributed by atoms with Gasteiger partial charge in [-0.05, 0) is 78.1 Å². The van der Waals surface area contributed by atoms with Crippen molar-refractivity contribution in [1.82, 2.24) is 19.6 Å². The molecule has 0 radical (unpaired) electrons. The third-order valence-electron chi connectivity index (χ3n) is 7.74. The summed E-state index contributed by atoms with van der Waals surface area (Å²) in [6.07, 6.45) is 8.82. The molecule has 0 atom stereocenters. The second kappa shape index (κ2) is 14.1. The number of hydrogen-bond donors (Lipinski definition) is 0. The molecule has 0 spiro atoms. The molecule has 37 heavy (non-hydrogen) atoms. The third kappa shape index (κ3) is 8.97. The van der Waals surface area contributed by atoms with Crippen molar-refractivity contribution in [2.45, 2.75) is 105 Å². The number of urea groups is 2. The first-order valence-electron chi connectivity index (χ1n) is 14.2. The van der Waals surface area contributed by atoms with Gasteiger partial charge in [-0.3, -0.25) is 19.4 Å². The molecule has 0 unspecified atom stereocenters. The number of imide groups is 2. The van der Waals surface area contributed by atoms with E-state index in [1.54, 1.807) is 9.80 Å². The van der Waals surface area contributed by atoms with Crippen LogP contribution in [0.25, 0.3) is 0 Å². The highest BCUT2D eigenvalue weighted by Crippen LogP contribution is 2.30. The minimum atomic E-state index is -0.473. The summed E-state index contributed by atoms with van der Waals surface area (Å²) in [7, 11) is 0. The van der Waals surface area contributed by atoms with Crippen LogP contribution < -0.4 is 0 Å². The predicted molar refractivity (Wildman–Crippen MR) is 144 cm³/mol. The van der Waals surface area contributed by atoms with Gasteiger partial charge in [-0.25, -0.2) is 9.59 Å². The smallest absolute Gasteiger partial charge is 0.327 e. The number of carbonyl (C=O) groups excluding carboxylic acids is 4. The summed E-state index contributed by atoms with van der Waals surface area (Å²) in [6.45, 7) is 15.8. The first-order valence-corrected chi connectivity index (χ1v) is 14.2. The van der Waals surface area contributed by atoms with Crippen molar-refractivity contribution >= 4 is 23.9 Å². The molecule has 9 nitrogen and oxygen atoms in total. The van der Waals surface area contributed by atoms with Crippen molar-refractivity contribution in [3.8, 4) is 0 Å². The van der Waals surface area contributed by atoms with Gasteiger partial charge < -0.3 is 14.5 Å². The number of nitrogens with zero attached hydrogens (tertiary/aromatic N) is 4. The van der Waals surface area contributed by atoms with Gasteiger partial charge in [-0.1, -0.05) is 26.7 Å². The summed E-state index contributed by atoms with van der Waals surface area (Å²) < 4.78 is 5.83. The summed E-state index contributed by atoms with van der Waals surface area (Å²) in [5.41, 5.74) is -0.239. The number of rotatable bonds is 18. The van der Waals surface area contributed by atoms with Crippen molar-refractivity contribution < 1.29 is 23.9 Å². The lowest BCUT2D eigenvalue weighted by Crippen LogP contribution is -2.48. The van der Waals surface area contributed by atoms with Gasteiger partial charge in [0.2, 0.25) is 5.91 Å². The van der Waals surface area contributed by atoms with E-state index in [0.717, 1.165) is 64.4 Å². The minimum absolute atomic E-state index is 0.0741. The molecule has 2 aliphatic heterocycles. The van der Waals surface area contributed by atoms with Crippen LogP contribution in [0.2, 0.25) is 0 Å². The summed E-state index contributed by atoms with van der Waals surface area (Å²) in [5, 5.41) is 0. The second-order valence-electron chi connectivity index (χ2n) is 11.8. The zero-order valence-corrected chi connectivity index (χ0v) is 24.1. The van der Waals surface area contributed by atoms with Gasteiger partial charge in [0.05, 0.1) is 0 Å². The van der Waals surface area contributed by atoms with E-state index in [2.05, 4.69) is 13.8 Å². The zero-order chi connectivity index (χ0) is 27.6. The van der Waals surface area contributed by atoms with Crippen LogP contribution in [0.5, 0.6) is 0 Å². The molecule has 6 amide bonds. The molecule has 2 saturated heterocycles. The lowest BCUT2D eigenvalue weighted by molar-refractivity contribution is -0.129. The zero-order valence-electron chi connectivity index (χ0n) is 24.1. The highest BCUT2D eigenvalue weighted by atomic mass is 16.5. The number of hydrogen-bond acceptors (Lipinski definition) is 5. The van der Waals surface area contributed by atoms with Gasteiger partial charge in [-0.2, -0.15) is 0 Å². The average Bonchev–Trinajstić information content (AvgIpc) is 3.29. The minimum Gasteiger partial charge on any atom is -0.381 e.